The van der Waals surface area contributed by atoms with Gasteiger partial charge in [-0.3, -0.25) is 0 Å². The summed E-state index contributed by atoms with van der Waals surface area (Å²) in [7, 11) is 0. The zero-order valence-corrected chi connectivity index (χ0v) is 13.5. The number of hydrogen-bond acceptors (Lipinski definition) is 2. The Morgan fingerprint density at radius 1 is 0.950 bits per heavy atom. The number of benzene rings is 2. The molecule has 1 aromatic heterocycles. The van der Waals surface area contributed by atoms with Crippen LogP contribution in [0.2, 0.25) is 0 Å². The minimum absolute atomic E-state index is 0.168. The second-order valence-electron chi connectivity index (χ2n) is 5.06. The first-order valence-electron chi connectivity index (χ1n) is 6.68. The summed E-state index contributed by atoms with van der Waals surface area (Å²) in [5, 5.41) is 2.57. The highest BCUT2D eigenvalue weighted by Gasteiger charge is 2.08. The number of hydrogen-bond donors (Lipinski definition) is 1. The third-order valence-corrected chi connectivity index (χ3v) is 5.05. The van der Waals surface area contributed by atoms with E-state index >= 15 is 0 Å². The van der Waals surface area contributed by atoms with E-state index in [0.717, 1.165) is 12.8 Å². The largest absolute Gasteiger partial charge is 0.327 e. The van der Waals surface area contributed by atoms with Crippen molar-refractivity contribution in [2.24, 2.45) is 5.73 Å². The molecule has 1 nitrogen and oxygen atoms in total. The standard InChI is InChI=1S/C17H16BrNS/c18-17-8-7-16(20-17)11-15(19)10-12-5-6-13-3-1-2-4-14(13)9-12/h1-9,15H,10-11,19H2. The molecular weight excluding hydrogens is 330 g/mol. The van der Waals surface area contributed by atoms with Gasteiger partial charge in [-0.25, -0.2) is 0 Å². The third kappa shape index (κ3) is 3.29. The van der Waals surface area contributed by atoms with Gasteiger partial charge in [0.25, 0.3) is 0 Å². The molecule has 3 heteroatoms. The van der Waals surface area contributed by atoms with E-state index in [9.17, 15) is 0 Å². The van der Waals surface area contributed by atoms with Gasteiger partial charge in [-0.15, -0.1) is 11.3 Å². The molecule has 0 amide bonds. The minimum atomic E-state index is 0.168. The lowest BCUT2D eigenvalue weighted by atomic mass is 10.0. The lowest BCUT2D eigenvalue weighted by Gasteiger charge is -2.11. The van der Waals surface area contributed by atoms with Crippen molar-refractivity contribution in [3.63, 3.8) is 0 Å². The van der Waals surface area contributed by atoms with Crippen LogP contribution < -0.4 is 5.73 Å². The molecule has 0 radical (unpaired) electrons. The summed E-state index contributed by atoms with van der Waals surface area (Å²) < 4.78 is 1.17. The van der Waals surface area contributed by atoms with Crippen LogP contribution in [0.5, 0.6) is 0 Å². The molecule has 0 fully saturated rings. The van der Waals surface area contributed by atoms with Gasteiger partial charge in [0.05, 0.1) is 3.79 Å². The molecule has 0 bridgehead atoms. The third-order valence-electron chi connectivity index (χ3n) is 3.40. The zero-order valence-electron chi connectivity index (χ0n) is 11.1. The monoisotopic (exact) mass is 345 g/mol. The Bertz CT molecular complexity index is 720. The molecule has 102 valence electrons. The van der Waals surface area contributed by atoms with Crippen molar-refractivity contribution in [3.05, 3.63) is 68.8 Å². The second kappa shape index (κ2) is 6.08. The van der Waals surface area contributed by atoms with Crippen LogP contribution in [0.3, 0.4) is 0 Å². The number of thiophene rings is 1. The summed E-state index contributed by atoms with van der Waals surface area (Å²) in [4.78, 5) is 1.34. The molecule has 0 aliphatic carbocycles. The summed E-state index contributed by atoms with van der Waals surface area (Å²) in [6, 6.07) is 19.5. The Balaban J connectivity index is 1.72. The normalized spacial score (nSPS) is 12.7. The van der Waals surface area contributed by atoms with E-state index in [4.69, 9.17) is 5.73 Å². The van der Waals surface area contributed by atoms with Gasteiger partial charge in [0.15, 0.2) is 0 Å². The molecule has 20 heavy (non-hydrogen) atoms. The highest BCUT2D eigenvalue weighted by molar-refractivity contribution is 9.11. The van der Waals surface area contributed by atoms with E-state index in [1.165, 1.54) is 25.0 Å². The maximum absolute atomic E-state index is 6.28. The van der Waals surface area contributed by atoms with Gasteiger partial charge in [-0.2, -0.15) is 0 Å². The maximum atomic E-state index is 6.28. The number of halogens is 1. The van der Waals surface area contributed by atoms with Crippen LogP contribution in [0.1, 0.15) is 10.4 Å². The van der Waals surface area contributed by atoms with E-state index in [0.29, 0.717) is 0 Å². The molecule has 0 aliphatic heterocycles. The van der Waals surface area contributed by atoms with Gasteiger partial charge in [0.1, 0.15) is 0 Å². The average molecular weight is 346 g/mol. The molecule has 2 N–H and O–H groups in total. The molecule has 1 heterocycles. The van der Waals surface area contributed by atoms with E-state index in [-0.39, 0.29) is 6.04 Å². The number of rotatable bonds is 4. The molecular formula is C17H16BrNS. The zero-order chi connectivity index (χ0) is 13.9. The molecule has 3 aromatic rings. The van der Waals surface area contributed by atoms with Crippen molar-refractivity contribution in [1.82, 2.24) is 0 Å². The number of fused-ring (bicyclic) bond motifs is 1. The Morgan fingerprint density at radius 2 is 1.75 bits per heavy atom. The lowest BCUT2D eigenvalue weighted by molar-refractivity contribution is 0.671. The quantitative estimate of drug-likeness (QED) is 0.723. The van der Waals surface area contributed by atoms with E-state index in [2.05, 4.69) is 70.5 Å². The number of nitrogens with two attached hydrogens (primary N) is 1. The summed E-state index contributed by atoms with van der Waals surface area (Å²) >= 11 is 5.26. The van der Waals surface area contributed by atoms with Crippen molar-refractivity contribution in [2.45, 2.75) is 18.9 Å². The second-order valence-corrected chi connectivity index (χ2v) is 7.60. The summed E-state index contributed by atoms with van der Waals surface area (Å²) in [6.45, 7) is 0. The highest BCUT2D eigenvalue weighted by Crippen LogP contribution is 2.23. The molecule has 0 aliphatic rings. The molecule has 1 atom stereocenters. The Hall–Kier alpha value is -1.16. The highest BCUT2D eigenvalue weighted by atomic mass is 79.9. The van der Waals surface area contributed by atoms with E-state index in [1.807, 2.05) is 0 Å². The fourth-order valence-corrected chi connectivity index (χ4v) is 4.04. The lowest BCUT2D eigenvalue weighted by Crippen LogP contribution is -2.25. The smallest absolute Gasteiger partial charge is 0.0701 e. The molecule has 1 unspecified atom stereocenters. The predicted octanol–water partition coefficient (Wildman–Crippen LogP) is 4.78. The first kappa shape index (κ1) is 13.8. The summed E-state index contributed by atoms with van der Waals surface area (Å²) in [6.07, 6.45) is 1.85. The van der Waals surface area contributed by atoms with Crippen LogP contribution >= 0.6 is 27.3 Å². The average Bonchev–Trinajstić information content (AvgIpc) is 2.83. The molecule has 3 rings (SSSR count). The minimum Gasteiger partial charge on any atom is -0.327 e. The van der Waals surface area contributed by atoms with Gasteiger partial charge >= 0.3 is 0 Å². The summed E-state index contributed by atoms with van der Waals surface area (Å²) in [5.74, 6) is 0. The van der Waals surface area contributed by atoms with Crippen LogP contribution in [0.4, 0.5) is 0 Å². The van der Waals surface area contributed by atoms with Crippen LogP contribution in [-0.4, -0.2) is 6.04 Å². The van der Waals surface area contributed by atoms with Gasteiger partial charge in [-0.1, -0.05) is 42.5 Å². The van der Waals surface area contributed by atoms with Crippen LogP contribution in [0.15, 0.2) is 58.4 Å². The molecule has 0 saturated carbocycles. The van der Waals surface area contributed by atoms with Crippen LogP contribution in [-0.2, 0) is 12.8 Å². The topological polar surface area (TPSA) is 26.0 Å². The van der Waals surface area contributed by atoms with E-state index in [1.54, 1.807) is 11.3 Å². The maximum Gasteiger partial charge on any atom is 0.0701 e. The van der Waals surface area contributed by atoms with Crippen molar-refractivity contribution in [2.75, 3.05) is 0 Å². The Morgan fingerprint density at radius 3 is 2.50 bits per heavy atom. The molecule has 2 aromatic carbocycles. The SMILES string of the molecule is NC(Cc1ccc2ccccc2c1)Cc1ccc(Br)s1. The first-order chi connectivity index (χ1) is 9.70. The fourth-order valence-electron chi connectivity index (χ4n) is 2.46. The first-order valence-corrected chi connectivity index (χ1v) is 8.29. The van der Waals surface area contributed by atoms with Crippen molar-refractivity contribution >= 4 is 38.0 Å². The van der Waals surface area contributed by atoms with Crippen molar-refractivity contribution < 1.29 is 0 Å². The van der Waals surface area contributed by atoms with Gasteiger partial charge in [-0.05, 0) is 57.2 Å². The fraction of sp³-hybridized carbons (Fsp3) is 0.176. The van der Waals surface area contributed by atoms with E-state index < -0.39 is 0 Å². The predicted molar refractivity (Wildman–Crippen MR) is 91.4 cm³/mol. The van der Waals surface area contributed by atoms with Gasteiger partial charge in [0, 0.05) is 10.9 Å². The Labute approximate surface area is 131 Å². The van der Waals surface area contributed by atoms with Crippen molar-refractivity contribution in [3.8, 4) is 0 Å². The van der Waals surface area contributed by atoms with Gasteiger partial charge < -0.3 is 5.73 Å². The van der Waals surface area contributed by atoms with Crippen LogP contribution in [0, 0.1) is 0 Å². The van der Waals surface area contributed by atoms with Gasteiger partial charge in [0.2, 0.25) is 0 Å². The molecule has 0 saturated heterocycles. The Kier molecular flexibility index (Phi) is 4.20. The summed E-state index contributed by atoms with van der Waals surface area (Å²) in [5.41, 5.74) is 7.59. The molecule has 0 spiro atoms. The van der Waals surface area contributed by atoms with Crippen LogP contribution in [0.25, 0.3) is 10.8 Å². The van der Waals surface area contributed by atoms with Crippen molar-refractivity contribution in [1.29, 1.82) is 0 Å².